The number of nitrogens with two attached hydrogens (primary N) is 1. The summed E-state index contributed by atoms with van der Waals surface area (Å²) in [5, 5.41) is 3.83. The molecule has 0 aliphatic heterocycles. The molecule has 0 saturated carbocycles. The second-order valence-electron chi connectivity index (χ2n) is 3.66. The van der Waals surface area contributed by atoms with Gasteiger partial charge in [-0.25, -0.2) is 0 Å². The van der Waals surface area contributed by atoms with Crippen LogP contribution in [0.25, 0.3) is 0 Å². The molecule has 1 heterocycles. The zero-order chi connectivity index (χ0) is 12.1. The SMILES string of the molecule is CCOCc1noc(Cc2ccc(N)cc2)n1. The van der Waals surface area contributed by atoms with Crippen molar-refractivity contribution >= 4 is 5.69 Å². The molecule has 0 atom stereocenters. The van der Waals surface area contributed by atoms with Crippen molar-refractivity contribution in [2.45, 2.75) is 20.0 Å². The Hall–Kier alpha value is -1.88. The third-order valence-electron chi connectivity index (χ3n) is 2.28. The lowest BCUT2D eigenvalue weighted by Crippen LogP contribution is -1.95. The van der Waals surface area contributed by atoms with Crippen LogP contribution in [0.4, 0.5) is 5.69 Å². The number of nitrogen functional groups attached to an aromatic ring is 1. The molecule has 5 nitrogen and oxygen atoms in total. The van der Waals surface area contributed by atoms with E-state index in [0.29, 0.717) is 31.3 Å². The lowest BCUT2D eigenvalue weighted by atomic mass is 10.1. The van der Waals surface area contributed by atoms with Crippen molar-refractivity contribution in [1.29, 1.82) is 0 Å². The molecule has 1 aromatic carbocycles. The predicted molar refractivity (Wildman–Crippen MR) is 63.3 cm³/mol. The molecule has 2 aromatic rings. The smallest absolute Gasteiger partial charge is 0.231 e. The summed E-state index contributed by atoms with van der Waals surface area (Å²) in [5.41, 5.74) is 7.45. The fraction of sp³-hybridized carbons (Fsp3) is 0.333. The molecule has 0 radical (unpaired) electrons. The van der Waals surface area contributed by atoms with E-state index in [4.69, 9.17) is 15.0 Å². The van der Waals surface area contributed by atoms with Crippen LogP contribution in [-0.4, -0.2) is 16.7 Å². The van der Waals surface area contributed by atoms with E-state index in [2.05, 4.69) is 10.1 Å². The summed E-state index contributed by atoms with van der Waals surface area (Å²) in [6, 6.07) is 7.60. The number of aromatic nitrogens is 2. The first-order valence-corrected chi connectivity index (χ1v) is 5.51. The van der Waals surface area contributed by atoms with Crippen molar-refractivity contribution in [3.63, 3.8) is 0 Å². The van der Waals surface area contributed by atoms with Gasteiger partial charge in [0.2, 0.25) is 5.89 Å². The van der Waals surface area contributed by atoms with Crippen molar-refractivity contribution in [2.75, 3.05) is 12.3 Å². The van der Waals surface area contributed by atoms with E-state index >= 15 is 0 Å². The summed E-state index contributed by atoms with van der Waals surface area (Å²) in [5.74, 6) is 1.17. The summed E-state index contributed by atoms with van der Waals surface area (Å²) in [6.07, 6.45) is 0.611. The highest BCUT2D eigenvalue weighted by Crippen LogP contribution is 2.10. The molecule has 0 aliphatic carbocycles. The van der Waals surface area contributed by atoms with Gasteiger partial charge in [-0.15, -0.1) is 0 Å². The lowest BCUT2D eigenvalue weighted by Gasteiger charge is -1.97. The van der Waals surface area contributed by atoms with E-state index in [1.54, 1.807) is 0 Å². The first-order valence-electron chi connectivity index (χ1n) is 5.51. The van der Waals surface area contributed by atoms with Gasteiger partial charge >= 0.3 is 0 Å². The number of hydrogen-bond donors (Lipinski definition) is 1. The Morgan fingerprint density at radius 1 is 1.29 bits per heavy atom. The molecule has 0 amide bonds. The van der Waals surface area contributed by atoms with Crippen LogP contribution in [0.5, 0.6) is 0 Å². The van der Waals surface area contributed by atoms with Gasteiger partial charge in [0, 0.05) is 12.3 Å². The quantitative estimate of drug-likeness (QED) is 0.797. The van der Waals surface area contributed by atoms with Crippen molar-refractivity contribution in [1.82, 2.24) is 10.1 Å². The van der Waals surface area contributed by atoms with Crippen LogP contribution >= 0.6 is 0 Å². The molecule has 0 aliphatic rings. The van der Waals surface area contributed by atoms with Gasteiger partial charge in [0.05, 0.1) is 6.42 Å². The Morgan fingerprint density at radius 3 is 2.76 bits per heavy atom. The number of ether oxygens (including phenoxy) is 1. The topological polar surface area (TPSA) is 74.2 Å². The van der Waals surface area contributed by atoms with E-state index in [-0.39, 0.29) is 0 Å². The lowest BCUT2D eigenvalue weighted by molar-refractivity contribution is 0.126. The van der Waals surface area contributed by atoms with Crippen molar-refractivity contribution in [3.8, 4) is 0 Å². The van der Waals surface area contributed by atoms with Crippen molar-refractivity contribution in [2.24, 2.45) is 0 Å². The minimum atomic E-state index is 0.391. The average Bonchev–Trinajstić information content (AvgIpc) is 2.77. The third kappa shape index (κ3) is 3.29. The molecule has 0 unspecified atom stereocenters. The molecule has 0 spiro atoms. The number of rotatable bonds is 5. The Labute approximate surface area is 99.6 Å². The van der Waals surface area contributed by atoms with Gasteiger partial charge in [-0.3, -0.25) is 0 Å². The van der Waals surface area contributed by atoms with Crippen LogP contribution in [0.1, 0.15) is 24.2 Å². The highest BCUT2D eigenvalue weighted by atomic mass is 16.5. The normalized spacial score (nSPS) is 10.6. The maximum absolute atomic E-state index is 5.61. The summed E-state index contributed by atoms with van der Waals surface area (Å²) < 4.78 is 10.3. The molecule has 0 saturated heterocycles. The Bertz CT molecular complexity index is 465. The van der Waals surface area contributed by atoms with Gasteiger partial charge in [0.15, 0.2) is 5.82 Å². The van der Waals surface area contributed by atoms with Crippen molar-refractivity contribution in [3.05, 3.63) is 41.5 Å². The van der Waals surface area contributed by atoms with Crippen LogP contribution in [0, 0.1) is 0 Å². The van der Waals surface area contributed by atoms with Crippen LogP contribution in [0.3, 0.4) is 0 Å². The fourth-order valence-corrected chi connectivity index (χ4v) is 1.42. The maximum Gasteiger partial charge on any atom is 0.231 e. The van der Waals surface area contributed by atoms with E-state index in [0.717, 1.165) is 11.3 Å². The zero-order valence-electron chi connectivity index (χ0n) is 9.72. The van der Waals surface area contributed by atoms with Crippen LogP contribution < -0.4 is 5.73 Å². The second kappa shape index (κ2) is 5.45. The maximum atomic E-state index is 5.61. The van der Waals surface area contributed by atoms with E-state index < -0.39 is 0 Å². The Morgan fingerprint density at radius 2 is 2.06 bits per heavy atom. The number of nitrogens with zero attached hydrogens (tertiary/aromatic N) is 2. The molecule has 1 aromatic heterocycles. The van der Waals surface area contributed by atoms with Crippen molar-refractivity contribution < 1.29 is 9.26 Å². The molecule has 5 heteroatoms. The summed E-state index contributed by atoms with van der Waals surface area (Å²) in [7, 11) is 0. The van der Waals surface area contributed by atoms with Gasteiger partial charge in [-0.2, -0.15) is 4.98 Å². The molecule has 2 N–H and O–H groups in total. The van der Waals surface area contributed by atoms with Gasteiger partial charge < -0.3 is 15.0 Å². The zero-order valence-corrected chi connectivity index (χ0v) is 9.72. The third-order valence-corrected chi connectivity index (χ3v) is 2.28. The first-order chi connectivity index (χ1) is 8.28. The Balaban J connectivity index is 1.98. The summed E-state index contributed by atoms with van der Waals surface area (Å²) >= 11 is 0. The predicted octanol–water partition coefficient (Wildman–Crippen LogP) is 1.78. The number of anilines is 1. The first kappa shape index (κ1) is 11.6. The van der Waals surface area contributed by atoms with Crippen LogP contribution in [0.2, 0.25) is 0 Å². The summed E-state index contributed by atoms with van der Waals surface area (Å²) in [4.78, 5) is 4.23. The van der Waals surface area contributed by atoms with Gasteiger partial charge in [-0.1, -0.05) is 17.3 Å². The molecular weight excluding hydrogens is 218 g/mol. The van der Waals surface area contributed by atoms with E-state index in [1.165, 1.54) is 0 Å². The Kier molecular flexibility index (Phi) is 3.72. The molecule has 2 rings (SSSR count). The van der Waals surface area contributed by atoms with E-state index in [9.17, 15) is 0 Å². The van der Waals surface area contributed by atoms with Gasteiger partial charge in [0.1, 0.15) is 6.61 Å². The van der Waals surface area contributed by atoms with E-state index in [1.807, 2.05) is 31.2 Å². The molecular formula is C12H15N3O2. The van der Waals surface area contributed by atoms with Crippen LogP contribution in [0.15, 0.2) is 28.8 Å². The molecule has 0 fully saturated rings. The molecule has 17 heavy (non-hydrogen) atoms. The number of benzene rings is 1. The largest absolute Gasteiger partial charge is 0.399 e. The van der Waals surface area contributed by atoms with Crippen LogP contribution in [-0.2, 0) is 17.8 Å². The highest BCUT2D eigenvalue weighted by Gasteiger charge is 2.06. The average molecular weight is 233 g/mol. The minimum Gasteiger partial charge on any atom is -0.399 e. The van der Waals surface area contributed by atoms with Gasteiger partial charge in [0.25, 0.3) is 0 Å². The fourth-order valence-electron chi connectivity index (χ4n) is 1.42. The van der Waals surface area contributed by atoms with Gasteiger partial charge in [-0.05, 0) is 24.6 Å². The minimum absolute atomic E-state index is 0.391. The molecule has 0 bridgehead atoms. The second-order valence-corrected chi connectivity index (χ2v) is 3.66. The number of hydrogen-bond acceptors (Lipinski definition) is 5. The highest BCUT2D eigenvalue weighted by molar-refractivity contribution is 5.39. The standard InChI is InChI=1S/C12H15N3O2/c1-2-16-8-11-14-12(17-15-11)7-9-3-5-10(13)6-4-9/h3-6H,2,7-8,13H2,1H3. The summed E-state index contributed by atoms with van der Waals surface area (Å²) in [6.45, 7) is 2.96. The molecule has 90 valence electrons. The monoisotopic (exact) mass is 233 g/mol.